The molecular formula is C7H8O3. The maximum atomic E-state index is 10.8. The van der Waals surface area contributed by atoms with Crippen molar-refractivity contribution >= 4 is 5.97 Å². The highest BCUT2D eigenvalue weighted by Crippen LogP contribution is 2.48. The first-order chi connectivity index (χ1) is 4.84. The number of rotatable bonds is 0. The summed E-state index contributed by atoms with van der Waals surface area (Å²) in [6.07, 6.45) is 2.38. The molecule has 2 aliphatic heterocycles. The number of hydrogen-bond donors (Lipinski definition) is 0. The van der Waals surface area contributed by atoms with Gasteiger partial charge in [-0.05, 0) is 6.42 Å². The number of hydrogen-bond acceptors (Lipinski definition) is 3. The van der Waals surface area contributed by atoms with E-state index in [2.05, 4.69) is 0 Å². The lowest BCUT2D eigenvalue weighted by Crippen LogP contribution is -2.27. The molecule has 0 aromatic heterocycles. The predicted octanol–water partition coefficient (Wildman–Crippen LogP) is 0.0892. The van der Waals surface area contributed by atoms with Gasteiger partial charge >= 0.3 is 5.97 Å². The van der Waals surface area contributed by atoms with Crippen LogP contribution in [0.15, 0.2) is 0 Å². The molecule has 4 unspecified atom stereocenters. The first-order valence-corrected chi connectivity index (χ1v) is 3.69. The van der Waals surface area contributed by atoms with Gasteiger partial charge in [-0.2, -0.15) is 0 Å². The van der Waals surface area contributed by atoms with E-state index >= 15 is 0 Å². The van der Waals surface area contributed by atoms with E-state index in [1.165, 1.54) is 0 Å². The van der Waals surface area contributed by atoms with Crippen molar-refractivity contribution < 1.29 is 14.3 Å². The lowest BCUT2D eigenvalue weighted by Gasteiger charge is -2.21. The standard InChI is InChI=1S/C7H8O3/c8-5-2-3-1-4(9-5)7-6(3)10-7/h3-4,6-7H,1-2H2. The number of ether oxygens (including phenoxy) is 2. The van der Waals surface area contributed by atoms with E-state index in [0.29, 0.717) is 18.4 Å². The second kappa shape index (κ2) is 1.37. The van der Waals surface area contributed by atoms with Gasteiger partial charge in [-0.3, -0.25) is 4.79 Å². The molecule has 3 rings (SSSR count). The summed E-state index contributed by atoms with van der Waals surface area (Å²) in [4.78, 5) is 10.8. The Morgan fingerprint density at radius 2 is 2.30 bits per heavy atom. The first-order valence-electron chi connectivity index (χ1n) is 3.69. The third-order valence-electron chi connectivity index (χ3n) is 2.64. The Labute approximate surface area is 58.3 Å². The van der Waals surface area contributed by atoms with Crippen molar-refractivity contribution in [3.63, 3.8) is 0 Å². The third-order valence-corrected chi connectivity index (χ3v) is 2.64. The van der Waals surface area contributed by atoms with Crippen LogP contribution in [0.4, 0.5) is 0 Å². The van der Waals surface area contributed by atoms with E-state index in [9.17, 15) is 4.79 Å². The summed E-state index contributed by atoms with van der Waals surface area (Å²) < 4.78 is 10.4. The lowest BCUT2D eigenvalue weighted by molar-refractivity contribution is -0.157. The van der Waals surface area contributed by atoms with E-state index in [1.54, 1.807) is 0 Å². The van der Waals surface area contributed by atoms with Gasteiger partial charge in [0.15, 0.2) is 0 Å². The summed E-state index contributed by atoms with van der Waals surface area (Å²) in [5.74, 6) is 0.452. The largest absolute Gasteiger partial charge is 0.459 e. The monoisotopic (exact) mass is 140 g/mol. The summed E-state index contributed by atoms with van der Waals surface area (Å²) in [5.41, 5.74) is 0. The van der Waals surface area contributed by atoms with E-state index in [-0.39, 0.29) is 18.2 Å². The molecule has 10 heavy (non-hydrogen) atoms. The van der Waals surface area contributed by atoms with Gasteiger partial charge in [0.05, 0.1) is 12.5 Å². The minimum Gasteiger partial charge on any atom is -0.459 e. The fourth-order valence-electron chi connectivity index (χ4n) is 2.13. The van der Waals surface area contributed by atoms with E-state index < -0.39 is 0 Å². The zero-order valence-electron chi connectivity index (χ0n) is 5.45. The van der Waals surface area contributed by atoms with E-state index in [1.807, 2.05) is 0 Å². The highest BCUT2D eigenvalue weighted by molar-refractivity contribution is 5.71. The number of epoxide rings is 1. The number of fused-ring (bicyclic) bond motifs is 5. The van der Waals surface area contributed by atoms with Crippen LogP contribution in [0.3, 0.4) is 0 Å². The number of carbonyl (C=O) groups excluding carboxylic acids is 1. The molecule has 0 spiro atoms. The van der Waals surface area contributed by atoms with Crippen molar-refractivity contribution in [1.82, 2.24) is 0 Å². The summed E-state index contributed by atoms with van der Waals surface area (Å²) in [7, 11) is 0. The highest BCUT2D eigenvalue weighted by atomic mass is 16.6. The van der Waals surface area contributed by atoms with Gasteiger partial charge in [-0.25, -0.2) is 0 Å². The summed E-state index contributed by atoms with van der Waals surface area (Å²) in [6, 6.07) is 0. The molecule has 2 saturated heterocycles. The van der Waals surface area contributed by atoms with Gasteiger partial charge in [-0.1, -0.05) is 0 Å². The Balaban J connectivity index is 1.93. The molecule has 3 fully saturated rings. The van der Waals surface area contributed by atoms with Crippen molar-refractivity contribution in [1.29, 1.82) is 0 Å². The molecule has 1 aliphatic carbocycles. The fourth-order valence-corrected chi connectivity index (χ4v) is 2.13. The molecule has 4 atom stereocenters. The quantitative estimate of drug-likeness (QED) is 0.353. The molecule has 3 aliphatic rings. The molecule has 0 aromatic carbocycles. The molecule has 3 heteroatoms. The molecule has 3 nitrogen and oxygen atoms in total. The zero-order chi connectivity index (χ0) is 6.72. The average Bonchev–Trinajstić information content (AvgIpc) is 2.59. The molecule has 54 valence electrons. The van der Waals surface area contributed by atoms with Gasteiger partial charge in [0, 0.05) is 5.92 Å². The molecule has 0 radical (unpaired) electrons. The summed E-state index contributed by atoms with van der Waals surface area (Å²) in [6.45, 7) is 0. The minimum atomic E-state index is -0.0305. The Bertz CT molecular complexity index is 183. The Hall–Kier alpha value is -0.570. The fraction of sp³-hybridized carbons (Fsp3) is 0.857. The van der Waals surface area contributed by atoms with Crippen LogP contribution in [0.25, 0.3) is 0 Å². The first kappa shape index (κ1) is 5.13. The van der Waals surface area contributed by atoms with Crippen LogP contribution in [0.2, 0.25) is 0 Å². The summed E-state index contributed by atoms with van der Waals surface area (Å²) in [5, 5.41) is 0. The predicted molar refractivity (Wildman–Crippen MR) is 31.3 cm³/mol. The van der Waals surface area contributed by atoms with Crippen molar-refractivity contribution in [2.24, 2.45) is 5.92 Å². The molecule has 2 bridgehead atoms. The maximum absolute atomic E-state index is 10.8. The van der Waals surface area contributed by atoms with Crippen LogP contribution in [-0.2, 0) is 14.3 Å². The number of esters is 1. The molecule has 1 saturated carbocycles. The van der Waals surface area contributed by atoms with E-state index in [4.69, 9.17) is 9.47 Å². The molecule has 0 aromatic rings. The van der Waals surface area contributed by atoms with E-state index in [0.717, 1.165) is 6.42 Å². The minimum absolute atomic E-state index is 0.0305. The smallest absolute Gasteiger partial charge is 0.306 e. The lowest BCUT2D eigenvalue weighted by atomic mass is 10.0. The Morgan fingerprint density at radius 3 is 3.10 bits per heavy atom. The number of carbonyl (C=O) groups is 1. The van der Waals surface area contributed by atoms with Crippen LogP contribution in [-0.4, -0.2) is 24.3 Å². The maximum Gasteiger partial charge on any atom is 0.306 e. The third kappa shape index (κ3) is 0.475. The normalized spacial score (nSPS) is 55.8. The summed E-state index contributed by atoms with van der Waals surface area (Å²) >= 11 is 0. The van der Waals surface area contributed by atoms with Crippen molar-refractivity contribution in [3.05, 3.63) is 0 Å². The zero-order valence-corrected chi connectivity index (χ0v) is 5.45. The molecule has 0 amide bonds. The van der Waals surface area contributed by atoms with Crippen LogP contribution in [0.1, 0.15) is 12.8 Å². The van der Waals surface area contributed by atoms with Crippen molar-refractivity contribution in [2.45, 2.75) is 31.2 Å². The molecule has 0 N–H and O–H groups in total. The second-order valence-electron chi connectivity index (χ2n) is 3.29. The van der Waals surface area contributed by atoms with Gasteiger partial charge in [0.25, 0.3) is 0 Å². The van der Waals surface area contributed by atoms with Crippen molar-refractivity contribution in [2.75, 3.05) is 0 Å². The molecule has 2 heterocycles. The van der Waals surface area contributed by atoms with Crippen LogP contribution in [0, 0.1) is 5.92 Å². The molecular weight excluding hydrogens is 132 g/mol. The van der Waals surface area contributed by atoms with Gasteiger partial charge in [0.1, 0.15) is 12.2 Å². The Morgan fingerprint density at radius 1 is 1.40 bits per heavy atom. The Kier molecular flexibility index (Phi) is 0.703. The average molecular weight is 140 g/mol. The topological polar surface area (TPSA) is 38.8 Å². The van der Waals surface area contributed by atoms with Gasteiger partial charge in [-0.15, -0.1) is 0 Å². The highest BCUT2D eigenvalue weighted by Gasteiger charge is 2.60. The van der Waals surface area contributed by atoms with Crippen LogP contribution >= 0.6 is 0 Å². The second-order valence-corrected chi connectivity index (χ2v) is 3.29. The van der Waals surface area contributed by atoms with Crippen molar-refractivity contribution in [3.8, 4) is 0 Å². The van der Waals surface area contributed by atoms with Gasteiger partial charge in [0.2, 0.25) is 0 Å². The van der Waals surface area contributed by atoms with Crippen LogP contribution < -0.4 is 0 Å². The van der Waals surface area contributed by atoms with Gasteiger partial charge < -0.3 is 9.47 Å². The SMILES string of the molecule is O=C1CC2CC(O1)C1OC21. The van der Waals surface area contributed by atoms with Crippen LogP contribution in [0.5, 0.6) is 0 Å².